The van der Waals surface area contributed by atoms with E-state index >= 15 is 0 Å². The molecule has 0 radical (unpaired) electrons. The Labute approximate surface area is 180 Å². The lowest BCUT2D eigenvalue weighted by Gasteiger charge is -2.44. The fourth-order valence-corrected chi connectivity index (χ4v) is 4.17. The summed E-state index contributed by atoms with van der Waals surface area (Å²) in [5, 5.41) is 3.79. The standard InChI is InChI=1S/C21H18F3N5O3/c1-12-3-16(13-4-15(31-2)7-25-5-13)27-18-17(12)19(30)29(20(18)10-32-11-20)14-6-26-28(8-14)9-21(22,23)24/h3-8H,9-11H2,1-2H3. The zero-order valence-corrected chi connectivity index (χ0v) is 17.2. The van der Waals surface area contributed by atoms with E-state index in [-0.39, 0.29) is 24.8 Å². The number of hydrogen-bond donors (Lipinski definition) is 0. The number of hydrogen-bond acceptors (Lipinski definition) is 6. The smallest absolute Gasteiger partial charge is 0.408 e. The number of pyridine rings is 2. The van der Waals surface area contributed by atoms with E-state index in [0.29, 0.717) is 28.3 Å². The van der Waals surface area contributed by atoms with E-state index in [2.05, 4.69) is 10.1 Å². The summed E-state index contributed by atoms with van der Waals surface area (Å²) in [6.07, 6.45) is 1.29. The topological polar surface area (TPSA) is 82.4 Å². The molecular weight excluding hydrogens is 427 g/mol. The first kappa shape index (κ1) is 20.4. The van der Waals surface area contributed by atoms with Gasteiger partial charge in [-0.3, -0.25) is 19.4 Å². The Bertz CT molecular complexity index is 1220. The molecule has 1 saturated heterocycles. The van der Waals surface area contributed by atoms with Gasteiger partial charge < -0.3 is 9.47 Å². The zero-order chi connectivity index (χ0) is 22.7. The summed E-state index contributed by atoms with van der Waals surface area (Å²) in [5.74, 6) is 0.231. The summed E-state index contributed by atoms with van der Waals surface area (Å²) in [6, 6.07) is 3.58. The maximum Gasteiger partial charge on any atom is 0.408 e. The third-order valence-electron chi connectivity index (χ3n) is 5.65. The molecule has 5 heterocycles. The van der Waals surface area contributed by atoms with Gasteiger partial charge in [-0.15, -0.1) is 0 Å². The maximum absolute atomic E-state index is 13.4. The summed E-state index contributed by atoms with van der Waals surface area (Å²) in [7, 11) is 1.54. The monoisotopic (exact) mass is 445 g/mol. The lowest BCUT2D eigenvalue weighted by molar-refractivity contribution is -0.142. The molecule has 8 nitrogen and oxygen atoms in total. The fourth-order valence-electron chi connectivity index (χ4n) is 4.17. The van der Waals surface area contributed by atoms with Crippen molar-refractivity contribution in [1.29, 1.82) is 0 Å². The number of fused-ring (bicyclic) bond motifs is 2. The summed E-state index contributed by atoms with van der Waals surface area (Å²) < 4.78 is 49.8. The molecular formula is C21H18F3N5O3. The molecule has 3 aromatic heterocycles. The summed E-state index contributed by atoms with van der Waals surface area (Å²) in [6.45, 7) is 0.931. The number of methoxy groups -OCH3 is 1. The highest BCUT2D eigenvalue weighted by molar-refractivity contribution is 6.13. The number of rotatable bonds is 4. The molecule has 0 aromatic carbocycles. The fraction of sp³-hybridized carbons (Fsp3) is 0.333. The van der Waals surface area contributed by atoms with Gasteiger partial charge in [0.25, 0.3) is 5.91 Å². The molecule has 0 N–H and O–H groups in total. The molecule has 0 saturated carbocycles. The Kier molecular flexibility index (Phi) is 4.48. The number of ether oxygens (including phenoxy) is 2. The molecule has 3 aromatic rings. The maximum atomic E-state index is 13.4. The molecule has 0 atom stereocenters. The molecule has 1 spiro atoms. The Morgan fingerprint density at radius 3 is 2.66 bits per heavy atom. The van der Waals surface area contributed by atoms with E-state index < -0.39 is 18.3 Å². The van der Waals surface area contributed by atoms with Crippen LogP contribution in [0, 0.1) is 6.92 Å². The normalized spacial score (nSPS) is 16.9. The van der Waals surface area contributed by atoms with Crippen LogP contribution in [0.5, 0.6) is 5.75 Å². The highest BCUT2D eigenvalue weighted by Crippen LogP contribution is 2.47. The second-order valence-corrected chi connectivity index (χ2v) is 7.84. The van der Waals surface area contributed by atoms with Crippen molar-refractivity contribution in [1.82, 2.24) is 19.7 Å². The van der Waals surface area contributed by atoms with Gasteiger partial charge in [-0.25, -0.2) is 4.98 Å². The van der Waals surface area contributed by atoms with Crippen LogP contribution in [0.3, 0.4) is 0 Å². The van der Waals surface area contributed by atoms with Crippen LogP contribution < -0.4 is 9.64 Å². The molecule has 0 unspecified atom stereocenters. The van der Waals surface area contributed by atoms with Crippen molar-refractivity contribution in [3.8, 4) is 17.0 Å². The van der Waals surface area contributed by atoms with Crippen molar-refractivity contribution < 1.29 is 27.4 Å². The second-order valence-electron chi connectivity index (χ2n) is 7.84. The van der Waals surface area contributed by atoms with Gasteiger partial charge in [0.1, 0.15) is 17.8 Å². The van der Waals surface area contributed by atoms with Crippen molar-refractivity contribution in [3.05, 3.63) is 53.7 Å². The van der Waals surface area contributed by atoms with Crippen LogP contribution in [0.1, 0.15) is 21.6 Å². The van der Waals surface area contributed by atoms with Crippen LogP contribution in [0.4, 0.5) is 18.9 Å². The first-order valence-corrected chi connectivity index (χ1v) is 9.75. The van der Waals surface area contributed by atoms with Crippen molar-refractivity contribution in [2.75, 3.05) is 25.2 Å². The predicted octanol–water partition coefficient (Wildman–Crippen LogP) is 3.11. The van der Waals surface area contributed by atoms with Crippen LogP contribution in [0.15, 0.2) is 36.9 Å². The third kappa shape index (κ3) is 3.11. The Morgan fingerprint density at radius 2 is 2.00 bits per heavy atom. The average Bonchev–Trinajstić information content (AvgIpc) is 3.26. The first-order chi connectivity index (χ1) is 15.2. The Morgan fingerprint density at radius 1 is 1.22 bits per heavy atom. The van der Waals surface area contributed by atoms with Crippen LogP contribution >= 0.6 is 0 Å². The van der Waals surface area contributed by atoms with Gasteiger partial charge >= 0.3 is 6.18 Å². The molecule has 0 aliphatic carbocycles. The molecule has 32 heavy (non-hydrogen) atoms. The Hall–Kier alpha value is -3.47. The van der Waals surface area contributed by atoms with E-state index in [1.165, 1.54) is 17.3 Å². The van der Waals surface area contributed by atoms with Crippen molar-refractivity contribution in [3.63, 3.8) is 0 Å². The van der Waals surface area contributed by atoms with Crippen molar-refractivity contribution in [2.24, 2.45) is 0 Å². The van der Waals surface area contributed by atoms with Crippen LogP contribution in [0.25, 0.3) is 11.3 Å². The average molecular weight is 445 g/mol. The molecule has 166 valence electrons. The van der Waals surface area contributed by atoms with Gasteiger partial charge in [-0.2, -0.15) is 18.3 Å². The number of anilines is 1. The minimum absolute atomic E-state index is 0.183. The second kappa shape index (κ2) is 7.02. The SMILES string of the molecule is COc1cncc(-c2cc(C)c3c(n2)C2(COC2)N(c2cnn(CC(F)(F)F)c2)C3=O)c1. The van der Waals surface area contributed by atoms with Crippen molar-refractivity contribution >= 4 is 11.6 Å². The van der Waals surface area contributed by atoms with Crippen LogP contribution in [-0.4, -0.2) is 52.2 Å². The highest BCUT2D eigenvalue weighted by atomic mass is 19.4. The molecule has 1 fully saturated rings. The highest BCUT2D eigenvalue weighted by Gasteiger charge is 2.58. The van der Waals surface area contributed by atoms with Gasteiger partial charge in [0.05, 0.1) is 55.4 Å². The number of aryl methyl sites for hydroxylation is 1. The van der Waals surface area contributed by atoms with E-state index in [1.807, 2.05) is 0 Å². The quantitative estimate of drug-likeness (QED) is 0.614. The number of aromatic nitrogens is 4. The largest absolute Gasteiger partial charge is 0.495 e. The van der Waals surface area contributed by atoms with Crippen LogP contribution in [0.2, 0.25) is 0 Å². The number of carbonyl (C=O) groups excluding carboxylic acids is 1. The number of carbonyl (C=O) groups is 1. The number of amides is 1. The van der Waals surface area contributed by atoms with Crippen molar-refractivity contribution in [2.45, 2.75) is 25.2 Å². The number of halogens is 3. The third-order valence-corrected chi connectivity index (χ3v) is 5.65. The van der Waals surface area contributed by atoms with Crippen LogP contribution in [-0.2, 0) is 16.8 Å². The minimum atomic E-state index is -4.42. The number of alkyl halides is 3. The van der Waals surface area contributed by atoms with Gasteiger partial charge in [0, 0.05) is 18.0 Å². The van der Waals surface area contributed by atoms with E-state index in [4.69, 9.17) is 14.5 Å². The minimum Gasteiger partial charge on any atom is -0.495 e. The molecule has 1 amide bonds. The van der Waals surface area contributed by atoms with Gasteiger partial charge in [0.2, 0.25) is 0 Å². The van der Waals surface area contributed by atoms with Gasteiger partial charge in [0.15, 0.2) is 0 Å². The molecule has 2 aliphatic heterocycles. The lowest BCUT2D eigenvalue weighted by Crippen LogP contribution is -2.58. The van der Waals surface area contributed by atoms with Gasteiger partial charge in [-0.05, 0) is 24.6 Å². The van der Waals surface area contributed by atoms with E-state index in [0.717, 1.165) is 10.2 Å². The summed E-state index contributed by atoms with van der Waals surface area (Å²) in [4.78, 5) is 23.8. The number of nitrogens with zero attached hydrogens (tertiary/aromatic N) is 5. The molecule has 5 rings (SSSR count). The molecule has 11 heteroatoms. The van der Waals surface area contributed by atoms with Gasteiger partial charge in [-0.1, -0.05) is 0 Å². The summed E-state index contributed by atoms with van der Waals surface area (Å²) >= 11 is 0. The van der Waals surface area contributed by atoms with E-state index in [9.17, 15) is 18.0 Å². The lowest BCUT2D eigenvalue weighted by atomic mass is 9.90. The first-order valence-electron chi connectivity index (χ1n) is 9.75. The predicted molar refractivity (Wildman–Crippen MR) is 106 cm³/mol. The summed E-state index contributed by atoms with van der Waals surface area (Å²) in [5.41, 5.74) is 2.37. The molecule has 2 aliphatic rings. The molecule has 0 bridgehead atoms. The zero-order valence-electron chi connectivity index (χ0n) is 17.2. The Balaban J connectivity index is 1.59. The van der Waals surface area contributed by atoms with E-state index in [1.54, 1.807) is 38.6 Å².